The maximum Gasteiger partial charge on any atom is 0.138 e. The molecule has 1 heterocycles. The van der Waals surface area contributed by atoms with Gasteiger partial charge in [0.2, 0.25) is 0 Å². The zero-order valence-corrected chi connectivity index (χ0v) is 12.0. The number of rotatable bonds is 3. The number of aromatic nitrogens is 2. The number of hydrogen-bond donors (Lipinski definition) is 1. The molecule has 0 radical (unpaired) electrons. The van der Waals surface area contributed by atoms with Crippen molar-refractivity contribution in [2.45, 2.75) is 19.8 Å². The van der Waals surface area contributed by atoms with Crippen LogP contribution in [0.25, 0.3) is 22.4 Å². The molecule has 3 nitrogen and oxygen atoms in total. The summed E-state index contributed by atoms with van der Waals surface area (Å²) in [5.41, 5.74) is 4.39. The lowest BCUT2D eigenvalue weighted by molar-refractivity contribution is 0.415. The number of imidazole rings is 1. The zero-order valence-electron chi connectivity index (χ0n) is 12.0. The summed E-state index contributed by atoms with van der Waals surface area (Å²) in [6.45, 7) is 4.39. The van der Waals surface area contributed by atoms with Gasteiger partial charge in [-0.05, 0) is 23.6 Å². The van der Waals surface area contributed by atoms with Crippen molar-refractivity contribution in [3.63, 3.8) is 0 Å². The van der Waals surface area contributed by atoms with Gasteiger partial charge in [0.25, 0.3) is 0 Å². The third-order valence-corrected chi connectivity index (χ3v) is 3.54. The van der Waals surface area contributed by atoms with E-state index in [1.54, 1.807) is 7.11 Å². The molecule has 0 fully saturated rings. The first-order valence-electron chi connectivity index (χ1n) is 6.81. The predicted octanol–water partition coefficient (Wildman–Crippen LogP) is 4.36. The highest BCUT2D eigenvalue weighted by Gasteiger charge is 2.07. The van der Waals surface area contributed by atoms with Crippen LogP contribution in [0.2, 0.25) is 0 Å². The van der Waals surface area contributed by atoms with E-state index < -0.39 is 0 Å². The van der Waals surface area contributed by atoms with Crippen molar-refractivity contribution in [2.75, 3.05) is 7.11 Å². The molecule has 1 N–H and O–H groups in total. The molecule has 20 heavy (non-hydrogen) atoms. The van der Waals surface area contributed by atoms with Crippen molar-refractivity contribution < 1.29 is 4.74 Å². The van der Waals surface area contributed by atoms with Gasteiger partial charge in [-0.1, -0.05) is 38.1 Å². The van der Waals surface area contributed by atoms with Gasteiger partial charge in [-0.3, -0.25) is 0 Å². The lowest BCUT2D eigenvalue weighted by Gasteiger charge is -2.05. The van der Waals surface area contributed by atoms with Crippen LogP contribution in [0.15, 0.2) is 42.5 Å². The molecule has 3 heteroatoms. The number of benzene rings is 2. The van der Waals surface area contributed by atoms with Gasteiger partial charge in [-0.2, -0.15) is 0 Å². The van der Waals surface area contributed by atoms with Crippen LogP contribution in [0.3, 0.4) is 0 Å². The van der Waals surface area contributed by atoms with Gasteiger partial charge < -0.3 is 9.72 Å². The van der Waals surface area contributed by atoms with Gasteiger partial charge in [0.05, 0.1) is 18.1 Å². The lowest BCUT2D eigenvalue weighted by atomic mass is 10.0. The molecule has 0 saturated carbocycles. The predicted molar refractivity (Wildman–Crippen MR) is 82.2 cm³/mol. The minimum absolute atomic E-state index is 0.545. The van der Waals surface area contributed by atoms with Gasteiger partial charge in [0.15, 0.2) is 0 Å². The highest BCUT2D eigenvalue weighted by molar-refractivity contribution is 5.80. The fourth-order valence-corrected chi connectivity index (χ4v) is 2.28. The average molecular weight is 266 g/mol. The molecule has 0 aliphatic heterocycles. The van der Waals surface area contributed by atoms with Gasteiger partial charge >= 0.3 is 0 Å². The van der Waals surface area contributed by atoms with E-state index in [4.69, 9.17) is 4.74 Å². The van der Waals surface area contributed by atoms with E-state index >= 15 is 0 Å². The first-order valence-corrected chi connectivity index (χ1v) is 6.81. The Morgan fingerprint density at radius 2 is 1.80 bits per heavy atom. The Bertz CT molecular complexity index is 726. The molecule has 3 rings (SSSR count). The third-order valence-electron chi connectivity index (χ3n) is 3.54. The Balaban J connectivity index is 2.01. The normalized spacial score (nSPS) is 11.2. The van der Waals surface area contributed by atoms with E-state index in [0.717, 1.165) is 28.2 Å². The molecule has 0 unspecified atom stereocenters. The molecule has 1 aromatic heterocycles. The Hall–Kier alpha value is -2.29. The van der Waals surface area contributed by atoms with Crippen LogP contribution in [-0.4, -0.2) is 17.1 Å². The van der Waals surface area contributed by atoms with Crippen LogP contribution in [0, 0.1) is 0 Å². The van der Waals surface area contributed by atoms with Crippen LogP contribution in [-0.2, 0) is 0 Å². The first-order chi connectivity index (χ1) is 9.67. The average Bonchev–Trinajstić information content (AvgIpc) is 2.90. The number of fused-ring (bicyclic) bond motifs is 1. The fraction of sp³-hybridized carbons (Fsp3) is 0.235. The van der Waals surface area contributed by atoms with Crippen LogP contribution in [0.1, 0.15) is 25.3 Å². The molecule has 0 spiro atoms. The maximum atomic E-state index is 5.23. The summed E-state index contributed by atoms with van der Waals surface area (Å²) in [5, 5.41) is 0. The Labute approximate surface area is 118 Å². The molecule has 0 aliphatic carbocycles. The largest absolute Gasteiger partial charge is 0.497 e. The Morgan fingerprint density at radius 3 is 2.45 bits per heavy atom. The van der Waals surface area contributed by atoms with Crippen molar-refractivity contribution in [1.82, 2.24) is 9.97 Å². The summed E-state index contributed by atoms with van der Waals surface area (Å²) in [6, 6.07) is 14.4. The molecule has 102 valence electrons. The van der Waals surface area contributed by atoms with E-state index in [9.17, 15) is 0 Å². The summed E-state index contributed by atoms with van der Waals surface area (Å²) in [4.78, 5) is 7.97. The maximum absolute atomic E-state index is 5.23. The van der Waals surface area contributed by atoms with E-state index in [1.165, 1.54) is 5.56 Å². The minimum Gasteiger partial charge on any atom is -0.497 e. The van der Waals surface area contributed by atoms with E-state index in [0.29, 0.717) is 5.92 Å². The van der Waals surface area contributed by atoms with E-state index in [1.807, 2.05) is 18.2 Å². The zero-order chi connectivity index (χ0) is 14.1. The number of methoxy groups -OCH3 is 1. The molecule has 0 aliphatic rings. The fourth-order valence-electron chi connectivity index (χ4n) is 2.28. The number of aromatic amines is 1. The monoisotopic (exact) mass is 266 g/mol. The molecular weight excluding hydrogens is 248 g/mol. The molecule has 3 aromatic rings. The smallest absolute Gasteiger partial charge is 0.138 e. The topological polar surface area (TPSA) is 37.9 Å². The van der Waals surface area contributed by atoms with E-state index in [-0.39, 0.29) is 0 Å². The van der Waals surface area contributed by atoms with Crippen LogP contribution in [0.4, 0.5) is 0 Å². The second-order valence-corrected chi connectivity index (χ2v) is 5.25. The standard InChI is InChI=1S/C17H18N2O/c1-11(2)12-4-6-13(7-5-12)17-18-15-9-8-14(20-3)10-16(15)19-17/h4-11H,1-3H3,(H,18,19). The van der Waals surface area contributed by atoms with Crippen LogP contribution < -0.4 is 4.74 Å². The highest BCUT2D eigenvalue weighted by Crippen LogP contribution is 2.25. The van der Waals surface area contributed by atoms with Crippen LogP contribution in [0.5, 0.6) is 5.75 Å². The molecule has 0 saturated heterocycles. The lowest BCUT2D eigenvalue weighted by Crippen LogP contribution is -1.87. The minimum atomic E-state index is 0.545. The number of nitrogens with one attached hydrogen (secondary N) is 1. The van der Waals surface area contributed by atoms with Crippen molar-refractivity contribution in [3.8, 4) is 17.1 Å². The number of ether oxygens (including phenoxy) is 1. The summed E-state index contributed by atoms with van der Waals surface area (Å²) in [5.74, 6) is 2.27. The number of H-pyrrole nitrogens is 1. The van der Waals surface area contributed by atoms with Gasteiger partial charge in [-0.15, -0.1) is 0 Å². The van der Waals surface area contributed by atoms with Gasteiger partial charge in [0.1, 0.15) is 11.6 Å². The van der Waals surface area contributed by atoms with Gasteiger partial charge in [-0.25, -0.2) is 4.98 Å². The molecule has 2 aromatic carbocycles. The molecule has 0 amide bonds. The summed E-state index contributed by atoms with van der Waals surface area (Å²) >= 11 is 0. The quantitative estimate of drug-likeness (QED) is 0.764. The summed E-state index contributed by atoms with van der Waals surface area (Å²) in [7, 11) is 1.67. The first kappa shape index (κ1) is 12.7. The molecular formula is C17H18N2O. The Morgan fingerprint density at radius 1 is 1.05 bits per heavy atom. The second kappa shape index (κ2) is 5.00. The highest BCUT2D eigenvalue weighted by atomic mass is 16.5. The van der Waals surface area contributed by atoms with Crippen molar-refractivity contribution in [1.29, 1.82) is 0 Å². The second-order valence-electron chi connectivity index (χ2n) is 5.25. The van der Waals surface area contributed by atoms with Gasteiger partial charge in [0, 0.05) is 11.6 Å². The SMILES string of the molecule is COc1ccc2nc(-c3ccc(C(C)C)cc3)[nH]c2c1. The molecule has 0 atom stereocenters. The van der Waals surface area contributed by atoms with Crippen molar-refractivity contribution >= 4 is 11.0 Å². The molecule has 0 bridgehead atoms. The van der Waals surface area contributed by atoms with Crippen molar-refractivity contribution in [3.05, 3.63) is 48.0 Å². The number of nitrogens with zero attached hydrogens (tertiary/aromatic N) is 1. The van der Waals surface area contributed by atoms with E-state index in [2.05, 4.69) is 48.1 Å². The summed E-state index contributed by atoms with van der Waals surface area (Å²) in [6.07, 6.45) is 0. The number of hydrogen-bond acceptors (Lipinski definition) is 2. The van der Waals surface area contributed by atoms with Crippen molar-refractivity contribution in [2.24, 2.45) is 0 Å². The van der Waals surface area contributed by atoms with Crippen LogP contribution >= 0.6 is 0 Å². The third kappa shape index (κ3) is 2.27. The summed E-state index contributed by atoms with van der Waals surface area (Å²) < 4.78 is 5.23. The Kier molecular flexibility index (Phi) is 3.18.